The van der Waals surface area contributed by atoms with Gasteiger partial charge in [0.15, 0.2) is 0 Å². The summed E-state index contributed by atoms with van der Waals surface area (Å²) in [6.07, 6.45) is 0. The first kappa shape index (κ1) is 29.5. The van der Waals surface area contributed by atoms with Gasteiger partial charge in [0.2, 0.25) is 0 Å². The zero-order valence-electron chi connectivity index (χ0n) is 27.7. The van der Waals surface area contributed by atoms with Crippen LogP contribution in [0.5, 0.6) is 0 Å². The molecule has 8 aromatic carbocycles. The summed E-state index contributed by atoms with van der Waals surface area (Å²) < 4.78 is 8.97. The zero-order valence-corrected chi connectivity index (χ0v) is 28.5. The molecule has 0 unspecified atom stereocenters. The molecule has 0 aliphatic carbocycles. The maximum absolute atomic E-state index is 6.43. The molecule has 0 saturated heterocycles. The van der Waals surface area contributed by atoms with Gasteiger partial charge in [-0.3, -0.25) is 0 Å². The summed E-state index contributed by atoms with van der Waals surface area (Å²) in [6.45, 7) is 0. The van der Waals surface area contributed by atoms with E-state index in [2.05, 4.69) is 181 Å². The molecule has 2 nitrogen and oxygen atoms in total. The van der Waals surface area contributed by atoms with E-state index < -0.39 is 0 Å². The fourth-order valence-electron chi connectivity index (χ4n) is 7.36. The van der Waals surface area contributed by atoms with Crippen LogP contribution in [0.2, 0.25) is 0 Å². The Balaban J connectivity index is 1.21. The predicted octanol–water partition coefficient (Wildman–Crippen LogP) is 14.4. The van der Waals surface area contributed by atoms with Gasteiger partial charge in [0.05, 0.1) is 5.69 Å². The first-order valence-electron chi connectivity index (χ1n) is 17.2. The minimum absolute atomic E-state index is 0.890. The third-order valence-electron chi connectivity index (χ3n) is 9.89. The van der Waals surface area contributed by atoms with Gasteiger partial charge in [0, 0.05) is 47.9 Å². The van der Waals surface area contributed by atoms with Crippen LogP contribution in [0.3, 0.4) is 0 Å². The third-order valence-corrected chi connectivity index (χ3v) is 11.0. The van der Waals surface area contributed by atoms with Crippen LogP contribution in [-0.4, -0.2) is 0 Å². The van der Waals surface area contributed by atoms with Gasteiger partial charge in [0.25, 0.3) is 0 Å². The van der Waals surface area contributed by atoms with E-state index in [9.17, 15) is 0 Å². The van der Waals surface area contributed by atoms with Gasteiger partial charge < -0.3 is 9.32 Å². The van der Waals surface area contributed by atoms with E-state index in [1.807, 2.05) is 23.5 Å². The molecule has 2 aromatic heterocycles. The summed E-state index contributed by atoms with van der Waals surface area (Å²) in [5.74, 6) is 0. The van der Waals surface area contributed by atoms with Crippen molar-refractivity contribution < 1.29 is 4.42 Å². The zero-order chi connectivity index (χ0) is 33.7. The number of hydrogen-bond donors (Lipinski definition) is 0. The highest BCUT2D eigenvalue weighted by Crippen LogP contribution is 2.47. The monoisotopic (exact) mass is 669 g/mol. The highest BCUT2D eigenvalue weighted by molar-refractivity contribution is 7.25. The number of nitrogens with zero attached hydrogens (tertiary/aromatic N) is 1. The molecule has 0 spiro atoms. The number of thiophene rings is 1. The van der Waals surface area contributed by atoms with Crippen LogP contribution in [-0.2, 0) is 0 Å². The highest BCUT2D eigenvalue weighted by atomic mass is 32.1. The molecule has 0 atom stereocenters. The van der Waals surface area contributed by atoms with Gasteiger partial charge in [0.1, 0.15) is 11.2 Å². The lowest BCUT2D eigenvalue weighted by atomic mass is 9.97. The molecule has 240 valence electrons. The molecule has 2 heterocycles. The number of furan rings is 1. The first-order valence-corrected chi connectivity index (χ1v) is 18.1. The number of hydrogen-bond acceptors (Lipinski definition) is 3. The van der Waals surface area contributed by atoms with Gasteiger partial charge in [-0.05, 0) is 88.5 Å². The highest BCUT2D eigenvalue weighted by Gasteiger charge is 2.21. The number of fused-ring (bicyclic) bond motifs is 6. The number of rotatable bonds is 6. The third kappa shape index (κ3) is 5.18. The Labute approximate surface area is 300 Å². The van der Waals surface area contributed by atoms with Crippen LogP contribution in [0.15, 0.2) is 192 Å². The van der Waals surface area contributed by atoms with E-state index in [0.717, 1.165) is 50.1 Å². The lowest BCUT2D eigenvalue weighted by molar-refractivity contribution is 0.669. The average molecular weight is 670 g/mol. The summed E-state index contributed by atoms with van der Waals surface area (Å²) >= 11 is 1.85. The molecule has 0 radical (unpaired) electrons. The second-order valence-electron chi connectivity index (χ2n) is 12.9. The molecule has 0 N–H and O–H groups in total. The second-order valence-corrected chi connectivity index (χ2v) is 14.0. The van der Waals surface area contributed by atoms with Crippen molar-refractivity contribution in [2.45, 2.75) is 0 Å². The van der Waals surface area contributed by atoms with Crippen LogP contribution in [0.4, 0.5) is 17.1 Å². The number of anilines is 3. The topological polar surface area (TPSA) is 16.4 Å². The van der Waals surface area contributed by atoms with Gasteiger partial charge in [-0.25, -0.2) is 0 Å². The van der Waals surface area contributed by atoms with Crippen LogP contribution < -0.4 is 4.90 Å². The Morgan fingerprint density at radius 2 is 0.882 bits per heavy atom. The minimum Gasteiger partial charge on any atom is -0.456 e. The Hall–Kier alpha value is -6.42. The van der Waals surface area contributed by atoms with Crippen molar-refractivity contribution in [1.82, 2.24) is 0 Å². The molecule has 10 aromatic rings. The Bertz CT molecular complexity index is 2750. The van der Waals surface area contributed by atoms with Crippen molar-refractivity contribution >= 4 is 70.5 Å². The second kappa shape index (κ2) is 12.2. The lowest BCUT2D eigenvalue weighted by Gasteiger charge is -2.28. The fourth-order valence-corrected chi connectivity index (χ4v) is 8.49. The van der Waals surface area contributed by atoms with Gasteiger partial charge >= 0.3 is 0 Å². The van der Waals surface area contributed by atoms with E-state index in [1.165, 1.54) is 42.4 Å². The van der Waals surface area contributed by atoms with Crippen molar-refractivity contribution in [1.29, 1.82) is 0 Å². The molecule has 0 bridgehead atoms. The van der Waals surface area contributed by atoms with Crippen molar-refractivity contribution in [3.05, 3.63) is 188 Å². The molecule has 10 rings (SSSR count). The average Bonchev–Trinajstić information content (AvgIpc) is 3.76. The minimum atomic E-state index is 0.890. The quantitative estimate of drug-likeness (QED) is 0.175. The van der Waals surface area contributed by atoms with Gasteiger partial charge in [-0.15, -0.1) is 11.3 Å². The van der Waals surface area contributed by atoms with E-state index in [1.54, 1.807) is 0 Å². The smallest absolute Gasteiger partial charge is 0.136 e. The predicted molar refractivity (Wildman–Crippen MR) is 218 cm³/mol. The molecule has 0 saturated carbocycles. The molecule has 0 aliphatic rings. The summed E-state index contributed by atoms with van der Waals surface area (Å²) in [5, 5.41) is 4.80. The molecular weight excluding hydrogens is 639 g/mol. The van der Waals surface area contributed by atoms with E-state index in [-0.39, 0.29) is 0 Å². The molecule has 0 amide bonds. The largest absolute Gasteiger partial charge is 0.456 e. The molecular formula is C48H31NOS. The standard InChI is InChI=1S/C48H31NOS/c1-3-11-32(12-4-1)34-19-24-37(25-20-34)49(38-26-21-35(22-27-38)33-13-5-2-6-14-33)44-31-48-43(41-16-8-10-18-47(41)51-48)30-42(44)36-23-28-40-39-15-7-9-17-45(39)50-46(40)29-36/h1-31H. The molecule has 51 heavy (non-hydrogen) atoms. The Morgan fingerprint density at radius 1 is 0.353 bits per heavy atom. The SMILES string of the molecule is c1ccc(-c2ccc(N(c3ccc(-c4ccccc4)cc3)c3cc4sc5ccccc5c4cc3-c3ccc4c(c3)oc3ccccc34)cc2)cc1. The number of benzene rings is 8. The number of para-hydroxylation sites is 1. The van der Waals surface area contributed by atoms with Crippen LogP contribution >= 0.6 is 11.3 Å². The maximum atomic E-state index is 6.43. The first-order chi connectivity index (χ1) is 25.3. The summed E-state index contributed by atoms with van der Waals surface area (Å²) in [4.78, 5) is 2.41. The maximum Gasteiger partial charge on any atom is 0.136 e. The molecule has 3 heteroatoms. The van der Waals surface area contributed by atoms with Crippen LogP contribution in [0.25, 0.3) is 75.5 Å². The van der Waals surface area contributed by atoms with Crippen molar-refractivity contribution in [3.8, 4) is 33.4 Å². The summed E-state index contributed by atoms with van der Waals surface area (Å²) in [5.41, 5.74) is 12.1. The molecule has 0 fully saturated rings. The van der Waals surface area contributed by atoms with E-state index in [0.29, 0.717) is 0 Å². The molecule has 0 aliphatic heterocycles. The summed E-state index contributed by atoms with van der Waals surface area (Å²) in [7, 11) is 0. The Morgan fingerprint density at radius 3 is 1.55 bits per heavy atom. The van der Waals surface area contributed by atoms with Crippen LogP contribution in [0, 0.1) is 0 Å². The van der Waals surface area contributed by atoms with E-state index >= 15 is 0 Å². The van der Waals surface area contributed by atoms with E-state index in [4.69, 9.17) is 4.42 Å². The van der Waals surface area contributed by atoms with Gasteiger partial charge in [-0.1, -0.05) is 127 Å². The fraction of sp³-hybridized carbons (Fsp3) is 0. The van der Waals surface area contributed by atoms with Crippen LogP contribution in [0.1, 0.15) is 0 Å². The van der Waals surface area contributed by atoms with Crippen molar-refractivity contribution in [2.75, 3.05) is 4.90 Å². The van der Waals surface area contributed by atoms with Crippen molar-refractivity contribution in [2.24, 2.45) is 0 Å². The summed E-state index contributed by atoms with van der Waals surface area (Å²) in [6, 6.07) is 67.5. The Kier molecular flexibility index (Phi) is 7.04. The van der Waals surface area contributed by atoms with Gasteiger partial charge in [-0.2, -0.15) is 0 Å². The lowest BCUT2D eigenvalue weighted by Crippen LogP contribution is -2.11. The normalized spacial score (nSPS) is 11.5. The van der Waals surface area contributed by atoms with Crippen molar-refractivity contribution in [3.63, 3.8) is 0 Å².